The second-order valence-electron chi connectivity index (χ2n) is 8.01. The number of piperazine rings is 1. The molecule has 4 rings (SSSR count). The van der Waals surface area contributed by atoms with Gasteiger partial charge in [0, 0.05) is 44.0 Å². The highest BCUT2D eigenvalue weighted by molar-refractivity contribution is 5.95. The van der Waals surface area contributed by atoms with Crippen LogP contribution in [0.5, 0.6) is 17.2 Å². The highest BCUT2D eigenvalue weighted by Crippen LogP contribution is 2.38. The summed E-state index contributed by atoms with van der Waals surface area (Å²) in [4.78, 5) is 17.8. The van der Waals surface area contributed by atoms with Crippen LogP contribution in [0.15, 0.2) is 65.3 Å². The molecular weight excluding hydrogens is 434 g/mol. The number of nitrogens with one attached hydrogen (secondary N) is 1. The van der Waals surface area contributed by atoms with Crippen LogP contribution >= 0.6 is 0 Å². The topological polar surface area (TPSA) is 76.4 Å². The molecule has 1 atom stereocenters. The van der Waals surface area contributed by atoms with Gasteiger partial charge in [-0.25, -0.2) is 0 Å². The van der Waals surface area contributed by atoms with Crippen LogP contribution in [0.2, 0.25) is 0 Å². The molecule has 1 saturated heterocycles. The van der Waals surface area contributed by atoms with E-state index in [1.165, 1.54) is 27.0 Å². The van der Waals surface area contributed by atoms with Gasteiger partial charge < -0.3 is 28.8 Å². The summed E-state index contributed by atoms with van der Waals surface area (Å²) >= 11 is 0. The van der Waals surface area contributed by atoms with Gasteiger partial charge in [0.1, 0.15) is 5.76 Å². The summed E-state index contributed by atoms with van der Waals surface area (Å²) < 4.78 is 21.9. The first-order chi connectivity index (χ1) is 16.6. The van der Waals surface area contributed by atoms with Crippen LogP contribution in [0, 0.1) is 0 Å². The van der Waals surface area contributed by atoms with Crippen molar-refractivity contribution < 1.29 is 23.4 Å². The quantitative estimate of drug-likeness (QED) is 0.517. The fourth-order valence-electron chi connectivity index (χ4n) is 4.32. The number of hydrogen-bond acceptors (Lipinski definition) is 7. The maximum Gasteiger partial charge on any atom is 0.251 e. The highest BCUT2D eigenvalue weighted by atomic mass is 16.5. The number of amides is 1. The molecule has 1 N–H and O–H groups in total. The normalized spacial score (nSPS) is 15.0. The largest absolute Gasteiger partial charge is 0.493 e. The van der Waals surface area contributed by atoms with Gasteiger partial charge in [-0.15, -0.1) is 0 Å². The van der Waals surface area contributed by atoms with Crippen LogP contribution in [-0.4, -0.2) is 64.9 Å². The van der Waals surface area contributed by atoms with Crippen LogP contribution in [0.3, 0.4) is 0 Å². The minimum Gasteiger partial charge on any atom is -0.493 e. The zero-order valence-electron chi connectivity index (χ0n) is 19.8. The number of anilines is 1. The van der Waals surface area contributed by atoms with Gasteiger partial charge >= 0.3 is 0 Å². The molecule has 1 amide bonds. The van der Waals surface area contributed by atoms with E-state index in [9.17, 15) is 4.79 Å². The zero-order chi connectivity index (χ0) is 23.9. The fourth-order valence-corrected chi connectivity index (χ4v) is 4.32. The van der Waals surface area contributed by atoms with Gasteiger partial charge in [-0.3, -0.25) is 9.69 Å². The number of nitrogens with zero attached hydrogens (tertiary/aromatic N) is 2. The molecule has 1 aliphatic rings. The van der Waals surface area contributed by atoms with Gasteiger partial charge in [-0.1, -0.05) is 18.2 Å². The average molecular weight is 466 g/mol. The Bertz CT molecular complexity index is 1040. The third-order valence-electron chi connectivity index (χ3n) is 6.13. The van der Waals surface area contributed by atoms with E-state index < -0.39 is 0 Å². The lowest BCUT2D eigenvalue weighted by atomic mass is 10.1. The van der Waals surface area contributed by atoms with E-state index in [1.807, 2.05) is 18.2 Å². The fraction of sp³-hybridized carbons (Fsp3) is 0.346. The molecule has 1 unspecified atom stereocenters. The van der Waals surface area contributed by atoms with Gasteiger partial charge in [0.25, 0.3) is 5.91 Å². The summed E-state index contributed by atoms with van der Waals surface area (Å²) in [5, 5.41) is 3.06. The average Bonchev–Trinajstić information content (AvgIpc) is 3.43. The van der Waals surface area contributed by atoms with E-state index in [0.717, 1.165) is 31.9 Å². The third kappa shape index (κ3) is 5.12. The molecule has 1 aromatic heterocycles. The first kappa shape index (κ1) is 23.5. The Morgan fingerprint density at radius 1 is 0.941 bits per heavy atom. The summed E-state index contributed by atoms with van der Waals surface area (Å²) in [6.45, 7) is 3.94. The van der Waals surface area contributed by atoms with E-state index in [2.05, 4.69) is 39.4 Å². The van der Waals surface area contributed by atoms with Crippen LogP contribution in [0.4, 0.5) is 5.69 Å². The van der Waals surface area contributed by atoms with Crippen molar-refractivity contribution in [3.05, 3.63) is 72.2 Å². The SMILES string of the molecule is COc1cc(C(=O)NCC(c2ccco2)N2CCN(c3ccccc3)CC2)cc(OC)c1OC. The van der Waals surface area contributed by atoms with E-state index in [-0.39, 0.29) is 11.9 Å². The first-order valence-electron chi connectivity index (χ1n) is 11.3. The molecular formula is C26H31N3O5. The molecule has 0 aliphatic carbocycles. The molecule has 0 radical (unpaired) electrons. The molecule has 180 valence electrons. The molecule has 1 aliphatic heterocycles. The lowest BCUT2D eigenvalue weighted by Crippen LogP contribution is -2.49. The number of para-hydroxylation sites is 1. The maximum atomic E-state index is 13.1. The molecule has 3 aromatic rings. The number of benzene rings is 2. The van der Waals surface area contributed by atoms with Crippen LogP contribution < -0.4 is 24.4 Å². The molecule has 34 heavy (non-hydrogen) atoms. The van der Waals surface area contributed by atoms with Crippen molar-refractivity contribution in [1.82, 2.24) is 10.2 Å². The van der Waals surface area contributed by atoms with Crippen molar-refractivity contribution in [3.63, 3.8) is 0 Å². The Labute approximate surface area is 200 Å². The number of ether oxygens (including phenoxy) is 3. The summed E-state index contributed by atoms with van der Waals surface area (Å²) in [5.41, 5.74) is 1.66. The number of rotatable bonds is 9. The van der Waals surface area contributed by atoms with Crippen molar-refractivity contribution in [2.75, 3.05) is 59.0 Å². The Kier molecular flexibility index (Phi) is 7.59. The van der Waals surface area contributed by atoms with Gasteiger partial charge in [-0.05, 0) is 36.4 Å². The predicted octanol–water partition coefficient (Wildman–Crippen LogP) is 3.60. The summed E-state index contributed by atoms with van der Waals surface area (Å²) in [6, 6.07) is 17.5. The van der Waals surface area contributed by atoms with Crippen molar-refractivity contribution in [3.8, 4) is 17.2 Å². The second-order valence-corrected chi connectivity index (χ2v) is 8.01. The van der Waals surface area contributed by atoms with Crippen LogP contribution in [-0.2, 0) is 0 Å². The van der Waals surface area contributed by atoms with Crippen molar-refractivity contribution >= 4 is 11.6 Å². The number of carbonyl (C=O) groups excluding carboxylic acids is 1. The third-order valence-corrected chi connectivity index (χ3v) is 6.13. The predicted molar refractivity (Wildman–Crippen MR) is 130 cm³/mol. The van der Waals surface area contributed by atoms with Crippen molar-refractivity contribution in [1.29, 1.82) is 0 Å². The summed E-state index contributed by atoms with van der Waals surface area (Å²) in [7, 11) is 4.59. The van der Waals surface area contributed by atoms with Crippen molar-refractivity contribution in [2.24, 2.45) is 0 Å². The molecule has 8 nitrogen and oxygen atoms in total. The minimum atomic E-state index is -0.223. The summed E-state index contributed by atoms with van der Waals surface area (Å²) in [5.74, 6) is 1.93. The van der Waals surface area contributed by atoms with E-state index in [4.69, 9.17) is 18.6 Å². The van der Waals surface area contributed by atoms with E-state index in [1.54, 1.807) is 18.4 Å². The Morgan fingerprint density at radius 2 is 1.62 bits per heavy atom. The first-order valence-corrected chi connectivity index (χ1v) is 11.3. The summed E-state index contributed by atoms with van der Waals surface area (Å²) in [6.07, 6.45) is 1.67. The van der Waals surface area contributed by atoms with E-state index >= 15 is 0 Å². The minimum absolute atomic E-state index is 0.0705. The smallest absolute Gasteiger partial charge is 0.251 e. The zero-order valence-corrected chi connectivity index (χ0v) is 19.8. The molecule has 2 aromatic carbocycles. The number of hydrogen-bond donors (Lipinski definition) is 1. The highest BCUT2D eigenvalue weighted by Gasteiger charge is 2.28. The van der Waals surface area contributed by atoms with Gasteiger partial charge in [0.05, 0.1) is 33.6 Å². The Balaban J connectivity index is 1.45. The maximum absolute atomic E-state index is 13.1. The Hall–Kier alpha value is -3.65. The molecule has 2 heterocycles. The monoisotopic (exact) mass is 465 g/mol. The molecule has 8 heteroatoms. The van der Waals surface area contributed by atoms with Crippen LogP contribution in [0.1, 0.15) is 22.2 Å². The lowest BCUT2D eigenvalue weighted by molar-refractivity contribution is 0.0922. The number of methoxy groups -OCH3 is 3. The van der Waals surface area contributed by atoms with Crippen LogP contribution in [0.25, 0.3) is 0 Å². The molecule has 0 saturated carbocycles. The second kappa shape index (κ2) is 11.0. The van der Waals surface area contributed by atoms with Gasteiger partial charge in [0.2, 0.25) is 5.75 Å². The van der Waals surface area contributed by atoms with Gasteiger partial charge in [0.15, 0.2) is 11.5 Å². The molecule has 1 fully saturated rings. The van der Waals surface area contributed by atoms with Crippen molar-refractivity contribution in [2.45, 2.75) is 6.04 Å². The lowest BCUT2D eigenvalue weighted by Gasteiger charge is -2.39. The van der Waals surface area contributed by atoms with Gasteiger partial charge in [-0.2, -0.15) is 0 Å². The standard InChI is InChI=1S/C26H31N3O5/c1-31-23-16-19(17-24(32-2)25(23)33-3)26(30)27-18-21(22-10-7-15-34-22)29-13-11-28(12-14-29)20-8-5-4-6-9-20/h4-10,15-17,21H,11-14,18H2,1-3H3,(H,27,30). The number of furan rings is 1. The number of carbonyl (C=O) groups is 1. The Morgan fingerprint density at radius 3 is 2.18 bits per heavy atom. The molecule has 0 bridgehead atoms. The molecule has 0 spiro atoms. The van der Waals surface area contributed by atoms with E-state index in [0.29, 0.717) is 29.4 Å².